The molecule has 0 unspecified atom stereocenters. The van der Waals surface area contributed by atoms with E-state index in [1.54, 1.807) is 11.0 Å². The molecule has 3 rings (SSSR count). The molecule has 0 aromatic heterocycles. The van der Waals surface area contributed by atoms with Crippen molar-refractivity contribution < 1.29 is 19.1 Å². The number of cyclic esters (lactones) is 1. The van der Waals surface area contributed by atoms with Gasteiger partial charge in [0.25, 0.3) is 0 Å². The van der Waals surface area contributed by atoms with Crippen LogP contribution >= 0.6 is 0 Å². The van der Waals surface area contributed by atoms with E-state index in [-0.39, 0.29) is 17.6 Å². The van der Waals surface area contributed by atoms with Gasteiger partial charge in [-0.25, -0.2) is 14.6 Å². The third-order valence-electron chi connectivity index (χ3n) is 3.91. The fourth-order valence-electron chi connectivity index (χ4n) is 2.84. The van der Waals surface area contributed by atoms with Gasteiger partial charge in [-0.15, -0.1) is 0 Å². The van der Waals surface area contributed by atoms with Gasteiger partial charge >= 0.3 is 12.1 Å². The number of rotatable bonds is 2. The number of benzene rings is 1. The van der Waals surface area contributed by atoms with E-state index in [9.17, 15) is 9.59 Å². The van der Waals surface area contributed by atoms with Gasteiger partial charge < -0.3 is 9.47 Å². The number of hydrogen-bond acceptors (Lipinski definition) is 5. The summed E-state index contributed by atoms with van der Waals surface area (Å²) in [6, 6.07) is 9.09. The fraction of sp³-hybridized carbons (Fsp3) is 0.421. The highest BCUT2D eigenvalue weighted by Gasteiger charge is 2.39. The number of aliphatic imine (C=N–C) groups is 1. The zero-order chi connectivity index (χ0) is 18.0. The second-order valence-corrected chi connectivity index (χ2v) is 7.11. The van der Waals surface area contributed by atoms with Gasteiger partial charge in [-0.3, -0.25) is 4.90 Å². The lowest BCUT2D eigenvalue weighted by atomic mass is 10.2. The Morgan fingerprint density at radius 1 is 1.32 bits per heavy atom. The largest absolute Gasteiger partial charge is 0.444 e. The van der Waals surface area contributed by atoms with Crippen molar-refractivity contribution in [1.29, 1.82) is 0 Å². The summed E-state index contributed by atoms with van der Waals surface area (Å²) in [5.41, 5.74) is 0.545. The molecule has 132 valence electrons. The summed E-state index contributed by atoms with van der Waals surface area (Å²) in [6.07, 6.45) is 2.79. The van der Waals surface area contributed by atoms with Crippen LogP contribution < -0.4 is 0 Å². The maximum atomic E-state index is 12.4. The molecule has 0 saturated carbocycles. The van der Waals surface area contributed by atoms with Gasteiger partial charge in [0.05, 0.1) is 0 Å². The molecule has 1 aromatic rings. The number of carbonyl (C=O) groups is 2. The number of carbonyl (C=O) groups excluding carboxylic acids is 2. The zero-order valence-corrected chi connectivity index (χ0v) is 14.7. The predicted octanol–water partition coefficient (Wildman–Crippen LogP) is 3.38. The Hall–Kier alpha value is -2.63. The second-order valence-electron chi connectivity index (χ2n) is 7.11. The molecule has 0 radical (unpaired) electrons. The molecule has 6 nitrogen and oxygen atoms in total. The Balaban J connectivity index is 1.79. The van der Waals surface area contributed by atoms with E-state index in [1.165, 1.54) is 0 Å². The molecule has 0 N–H and O–H groups in total. The van der Waals surface area contributed by atoms with Crippen LogP contribution in [0.2, 0.25) is 0 Å². The Bertz CT molecular complexity index is 732. The van der Waals surface area contributed by atoms with Crippen LogP contribution in [0.5, 0.6) is 0 Å². The Morgan fingerprint density at radius 2 is 2.04 bits per heavy atom. The fourth-order valence-corrected chi connectivity index (χ4v) is 2.84. The molecule has 25 heavy (non-hydrogen) atoms. The highest BCUT2D eigenvalue weighted by Crippen LogP contribution is 2.26. The lowest BCUT2D eigenvalue weighted by Gasteiger charge is -2.27. The molecule has 2 aliphatic heterocycles. The van der Waals surface area contributed by atoms with Crippen molar-refractivity contribution in [2.24, 2.45) is 4.99 Å². The predicted molar refractivity (Wildman–Crippen MR) is 93.9 cm³/mol. The Morgan fingerprint density at radius 3 is 2.72 bits per heavy atom. The van der Waals surface area contributed by atoms with Gasteiger partial charge in [-0.1, -0.05) is 30.3 Å². The summed E-state index contributed by atoms with van der Waals surface area (Å²) >= 11 is 0. The van der Waals surface area contributed by atoms with E-state index < -0.39 is 17.7 Å². The molecule has 0 bridgehead atoms. The van der Waals surface area contributed by atoms with Gasteiger partial charge in [0.1, 0.15) is 11.6 Å². The van der Waals surface area contributed by atoms with Crippen molar-refractivity contribution >= 4 is 24.0 Å². The van der Waals surface area contributed by atoms with E-state index in [0.29, 0.717) is 13.0 Å². The summed E-state index contributed by atoms with van der Waals surface area (Å²) in [4.78, 5) is 30.4. The number of amides is 1. The number of likely N-dealkylation sites (tertiary alicyclic amines) is 1. The molecule has 0 aliphatic carbocycles. The Labute approximate surface area is 147 Å². The maximum Gasteiger partial charge on any atom is 0.410 e. The van der Waals surface area contributed by atoms with Gasteiger partial charge in [0.2, 0.25) is 5.90 Å². The molecule has 1 fully saturated rings. The summed E-state index contributed by atoms with van der Waals surface area (Å²) in [5, 5.41) is 0. The first-order chi connectivity index (χ1) is 11.8. The van der Waals surface area contributed by atoms with Crippen LogP contribution in [0.1, 0.15) is 39.2 Å². The van der Waals surface area contributed by atoms with E-state index in [2.05, 4.69) is 4.99 Å². The van der Waals surface area contributed by atoms with Gasteiger partial charge in [0.15, 0.2) is 5.70 Å². The van der Waals surface area contributed by atoms with Crippen molar-refractivity contribution in [1.82, 2.24) is 4.90 Å². The lowest BCUT2D eigenvalue weighted by Crippen LogP contribution is -2.43. The second kappa shape index (κ2) is 6.70. The average molecular weight is 342 g/mol. The van der Waals surface area contributed by atoms with Crippen LogP contribution in [-0.2, 0) is 14.3 Å². The molecule has 1 atom stereocenters. The maximum absolute atomic E-state index is 12.4. The summed E-state index contributed by atoms with van der Waals surface area (Å²) in [5.74, 6) is -0.217. The normalized spacial score (nSPS) is 22.1. The van der Waals surface area contributed by atoms with Gasteiger partial charge in [-0.2, -0.15) is 0 Å². The van der Waals surface area contributed by atoms with E-state index in [4.69, 9.17) is 9.47 Å². The standard InChI is InChI=1S/C19H22N2O4/c1-19(2,3)25-18(23)21-11-7-10-15(21)16-20-14(17(22)24-16)12-13-8-5-4-6-9-13/h4-6,8-9,12,15H,7,10-11H2,1-3H3/b14-12+/t15-/m0/s1. The summed E-state index contributed by atoms with van der Waals surface area (Å²) < 4.78 is 10.8. The number of hydrogen-bond donors (Lipinski definition) is 0. The first kappa shape index (κ1) is 17.2. The van der Waals surface area contributed by atoms with E-state index >= 15 is 0 Å². The number of esters is 1. The van der Waals surface area contributed by atoms with Crippen LogP contribution in [-0.4, -0.2) is 41.0 Å². The quantitative estimate of drug-likeness (QED) is 0.610. The van der Waals surface area contributed by atoms with Crippen LogP contribution in [0, 0.1) is 0 Å². The molecule has 0 spiro atoms. The first-order valence-corrected chi connectivity index (χ1v) is 8.40. The topological polar surface area (TPSA) is 68.2 Å². The molecule has 1 amide bonds. The molecular weight excluding hydrogens is 320 g/mol. The third-order valence-corrected chi connectivity index (χ3v) is 3.91. The third kappa shape index (κ3) is 4.07. The van der Waals surface area contributed by atoms with Gasteiger partial charge in [-0.05, 0) is 45.3 Å². The molecule has 1 saturated heterocycles. The van der Waals surface area contributed by atoms with Crippen LogP contribution in [0.15, 0.2) is 41.0 Å². The monoisotopic (exact) mass is 342 g/mol. The first-order valence-electron chi connectivity index (χ1n) is 8.40. The minimum absolute atomic E-state index is 0.247. The van der Waals surface area contributed by atoms with Crippen molar-refractivity contribution in [3.63, 3.8) is 0 Å². The number of ether oxygens (including phenoxy) is 2. The molecule has 1 aromatic carbocycles. The molecule has 2 heterocycles. The van der Waals surface area contributed by atoms with Gasteiger partial charge in [0, 0.05) is 6.54 Å². The summed E-state index contributed by atoms with van der Waals surface area (Å²) in [7, 11) is 0. The summed E-state index contributed by atoms with van der Waals surface area (Å²) in [6.45, 7) is 6.03. The lowest BCUT2D eigenvalue weighted by molar-refractivity contribution is -0.130. The van der Waals surface area contributed by atoms with Crippen LogP contribution in [0.25, 0.3) is 6.08 Å². The SMILES string of the molecule is CC(C)(C)OC(=O)N1CCC[C@H]1C1=N/C(=C/c2ccccc2)C(=O)O1. The molecule has 2 aliphatic rings. The molecular formula is C19H22N2O4. The van der Waals surface area contributed by atoms with Crippen molar-refractivity contribution in [3.05, 3.63) is 41.6 Å². The average Bonchev–Trinajstić information content (AvgIpc) is 3.14. The van der Waals surface area contributed by atoms with Crippen LogP contribution in [0.4, 0.5) is 4.79 Å². The van der Waals surface area contributed by atoms with Crippen LogP contribution in [0.3, 0.4) is 0 Å². The highest BCUT2D eigenvalue weighted by molar-refractivity contribution is 6.09. The zero-order valence-electron chi connectivity index (χ0n) is 14.7. The minimum atomic E-state index is -0.573. The van der Waals surface area contributed by atoms with E-state index in [0.717, 1.165) is 12.0 Å². The molecule has 6 heteroatoms. The Kier molecular flexibility index (Phi) is 4.61. The van der Waals surface area contributed by atoms with Crippen molar-refractivity contribution in [2.75, 3.05) is 6.54 Å². The minimum Gasteiger partial charge on any atom is -0.444 e. The van der Waals surface area contributed by atoms with Crippen molar-refractivity contribution in [3.8, 4) is 0 Å². The smallest absolute Gasteiger partial charge is 0.410 e. The van der Waals surface area contributed by atoms with Crippen molar-refractivity contribution in [2.45, 2.75) is 45.3 Å². The van der Waals surface area contributed by atoms with E-state index in [1.807, 2.05) is 51.1 Å². The highest BCUT2D eigenvalue weighted by atomic mass is 16.6. The number of nitrogens with zero attached hydrogens (tertiary/aromatic N) is 2.